The van der Waals surface area contributed by atoms with Gasteiger partial charge in [0, 0.05) is 5.92 Å². The van der Waals surface area contributed by atoms with Crippen LogP contribution in [0.15, 0.2) is 42.0 Å². The smallest absolute Gasteiger partial charge is 0.323 e. The highest BCUT2D eigenvalue weighted by Crippen LogP contribution is 2.58. The van der Waals surface area contributed by atoms with Gasteiger partial charge in [-0.3, -0.25) is 14.4 Å². The molecule has 0 aromatic heterocycles. The molecule has 2 aliphatic carbocycles. The Hall–Kier alpha value is -2.67. The molecule has 0 bridgehead atoms. The molecule has 1 saturated heterocycles. The van der Waals surface area contributed by atoms with Crippen molar-refractivity contribution >= 4 is 17.9 Å². The predicted molar refractivity (Wildman–Crippen MR) is 105 cm³/mol. The second-order valence-corrected chi connectivity index (χ2v) is 8.25. The highest BCUT2D eigenvalue weighted by Gasteiger charge is 2.62. The van der Waals surface area contributed by atoms with Crippen molar-refractivity contribution in [3.05, 3.63) is 47.5 Å². The lowest BCUT2D eigenvalue weighted by Gasteiger charge is -2.35. The van der Waals surface area contributed by atoms with Crippen LogP contribution in [0.3, 0.4) is 0 Å². The second-order valence-electron chi connectivity index (χ2n) is 8.25. The lowest BCUT2D eigenvalue weighted by molar-refractivity contribution is -0.169. The van der Waals surface area contributed by atoms with Gasteiger partial charge in [0.2, 0.25) is 0 Å². The molecule has 0 radical (unpaired) electrons. The van der Waals surface area contributed by atoms with Gasteiger partial charge in [-0.15, -0.1) is 0 Å². The molecule has 3 aliphatic rings. The summed E-state index contributed by atoms with van der Waals surface area (Å²) in [5, 5.41) is 0. The molecule has 0 amide bonds. The lowest BCUT2D eigenvalue weighted by atomic mass is 9.68. The van der Waals surface area contributed by atoms with E-state index in [0.717, 1.165) is 11.1 Å². The summed E-state index contributed by atoms with van der Waals surface area (Å²) in [7, 11) is 3.89. The quantitative estimate of drug-likeness (QED) is 0.324. The number of rotatable bonds is 4. The van der Waals surface area contributed by atoms with Crippen LogP contribution in [0.5, 0.6) is 0 Å². The van der Waals surface area contributed by atoms with Crippen molar-refractivity contribution in [1.82, 2.24) is 0 Å². The van der Waals surface area contributed by atoms with Gasteiger partial charge in [0.15, 0.2) is 5.41 Å². The Labute approximate surface area is 175 Å². The van der Waals surface area contributed by atoms with Crippen LogP contribution in [-0.2, 0) is 33.3 Å². The van der Waals surface area contributed by atoms with E-state index in [0.29, 0.717) is 6.61 Å². The van der Waals surface area contributed by atoms with Crippen molar-refractivity contribution in [2.24, 2.45) is 29.1 Å². The summed E-state index contributed by atoms with van der Waals surface area (Å²) < 4.78 is 21.2. The Morgan fingerprint density at radius 2 is 1.63 bits per heavy atom. The molecule has 1 saturated carbocycles. The molecule has 4 rings (SSSR count). The number of methoxy groups -OCH3 is 3. The molecule has 1 aromatic rings. The Kier molecular flexibility index (Phi) is 5.40. The van der Waals surface area contributed by atoms with Gasteiger partial charge in [-0.25, -0.2) is 0 Å². The highest BCUT2D eigenvalue weighted by molar-refractivity contribution is 6.00. The van der Waals surface area contributed by atoms with Crippen LogP contribution in [0.25, 0.3) is 0 Å². The normalized spacial score (nSPS) is 31.2. The summed E-state index contributed by atoms with van der Waals surface area (Å²) in [6, 6.07) is 9.83. The largest absolute Gasteiger partial charge is 0.469 e. The fourth-order valence-corrected chi connectivity index (χ4v) is 5.62. The molecule has 2 fully saturated rings. The van der Waals surface area contributed by atoms with Gasteiger partial charge < -0.3 is 18.9 Å². The number of benzene rings is 1. The summed E-state index contributed by atoms with van der Waals surface area (Å²) >= 11 is 0. The molecule has 1 heterocycles. The van der Waals surface area contributed by atoms with Gasteiger partial charge in [0.05, 0.1) is 33.9 Å². The molecule has 0 N–H and O–H groups in total. The van der Waals surface area contributed by atoms with Crippen molar-refractivity contribution in [2.75, 3.05) is 27.9 Å². The van der Waals surface area contributed by atoms with Crippen molar-refractivity contribution < 1.29 is 33.3 Å². The minimum atomic E-state index is -1.41. The summed E-state index contributed by atoms with van der Waals surface area (Å²) in [5.74, 6) is -2.63. The molecule has 30 heavy (non-hydrogen) atoms. The maximum atomic E-state index is 12.8. The Morgan fingerprint density at radius 3 is 2.23 bits per heavy atom. The van der Waals surface area contributed by atoms with Crippen LogP contribution >= 0.6 is 0 Å². The Balaban J connectivity index is 1.77. The summed E-state index contributed by atoms with van der Waals surface area (Å²) in [5.41, 5.74) is 0.617. The first-order valence-corrected chi connectivity index (χ1v) is 10.1. The van der Waals surface area contributed by atoms with E-state index in [1.807, 2.05) is 30.3 Å². The average molecular weight is 414 g/mol. The van der Waals surface area contributed by atoms with Crippen LogP contribution in [0.2, 0.25) is 0 Å². The first-order chi connectivity index (χ1) is 14.5. The second kappa shape index (κ2) is 7.87. The van der Waals surface area contributed by atoms with Crippen molar-refractivity contribution in [3.8, 4) is 0 Å². The Morgan fingerprint density at radius 1 is 0.967 bits per heavy atom. The van der Waals surface area contributed by atoms with E-state index in [1.54, 1.807) is 0 Å². The minimum Gasteiger partial charge on any atom is -0.469 e. The zero-order chi connectivity index (χ0) is 21.5. The van der Waals surface area contributed by atoms with E-state index < -0.39 is 23.3 Å². The molecule has 1 aromatic carbocycles. The molecule has 0 spiro atoms. The standard InChI is InChI=1S/C23H26O7/c1-27-20(24)18-16-11-23(21(25)28-2,22(26)29-3)10-14(16)9-15-17(18)12-30-19(15)13-7-5-4-6-8-13/h4-9,14,16-19H,10-12H2,1-3H3/t14-,16-,17-,18+,19+/m1/s1. The summed E-state index contributed by atoms with van der Waals surface area (Å²) in [4.78, 5) is 38.2. The topological polar surface area (TPSA) is 88.1 Å². The van der Waals surface area contributed by atoms with E-state index in [2.05, 4.69) is 6.08 Å². The number of hydrogen-bond acceptors (Lipinski definition) is 7. The predicted octanol–water partition coefficient (Wildman–Crippen LogP) is 2.46. The number of carbonyl (C=O) groups is 3. The average Bonchev–Trinajstić information content (AvgIpc) is 3.38. The third kappa shape index (κ3) is 3.03. The van der Waals surface area contributed by atoms with Crippen LogP contribution < -0.4 is 0 Å². The van der Waals surface area contributed by atoms with Crippen molar-refractivity contribution in [3.63, 3.8) is 0 Å². The zero-order valence-electron chi connectivity index (χ0n) is 17.3. The summed E-state index contributed by atoms with van der Waals surface area (Å²) in [6.45, 7) is 0.387. The van der Waals surface area contributed by atoms with Gasteiger partial charge in [0.1, 0.15) is 6.10 Å². The maximum absolute atomic E-state index is 12.8. The Bertz CT molecular complexity index is 859. The van der Waals surface area contributed by atoms with Crippen LogP contribution in [0.1, 0.15) is 24.5 Å². The monoisotopic (exact) mass is 414 g/mol. The highest BCUT2D eigenvalue weighted by atomic mass is 16.5. The van der Waals surface area contributed by atoms with E-state index in [9.17, 15) is 14.4 Å². The lowest BCUT2D eigenvalue weighted by Crippen LogP contribution is -2.40. The zero-order valence-corrected chi connectivity index (χ0v) is 17.3. The molecule has 5 atom stereocenters. The molecule has 1 aliphatic heterocycles. The fraction of sp³-hybridized carbons (Fsp3) is 0.522. The molecule has 0 unspecified atom stereocenters. The van der Waals surface area contributed by atoms with E-state index in [-0.39, 0.29) is 42.7 Å². The van der Waals surface area contributed by atoms with Crippen molar-refractivity contribution in [1.29, 1.82) is 0 Å². The first-order valence-electron chi connectivity index (χ1n) is 10.1. The molecule has 7 heteroatoms. The van der Waals surface area contributed by atoms with Gasteiger partial charge in [-0.2, -0.15) is 0 Å². The summed E-state index contributed by atoms with van der Waals surface area (Å²) in [6.07, 6.45) is 2.28. The van der Waals surface area contributed by atoms with Gasteiger partial charge in [0.25, 0.3) is 0 Å². The molecule has 160 valence electrons. The van der Waals surface area contributed by atoms with Gasteiger partial charge >= 0.3 is 17.9 Å². The van der Waals surface area contributed by atoms with Crippen molar-refractivity contribution in [2.45, 2.75) is 18.9 Å². The third-order valence-electron chi connectivity index (χ3n) is 6.92. The first kappa shape index (κ1) is 20.6. The number of hydrogen-bond donors (Lipinski definition) is 0. The number of ether oxygens (including phenoxy) is 4. The van der Waals surface area contributed by atoms with E-state index in [4.69, 9.17) is 18.9 Å². The maximum Gasteiger partial charge on any atom is 0.323 e. The SMILES string of the molecule is COC(=O)[C@H]1[C@@H]2CC(C(=O)OC)(C(=O)OC)C[C@H]2C=C2[C@H](c3ccccc3)OC[C@H]21. The third-order valence-corrected chi connectivity index (χ3v) is 6.92. The van der Waals surface area contributed by atoms with E-state index in [1.165, 1.54) is 21.3 Å². The number of allylic oxidation sites excluding steroid dienone is 1. The van der Waals surface area contributed by atoms with Gasteiger partial charge in [-0.05, 0) is 35.8 Å². The number of esters is 3. The number of fused-ring (bicyclic) bond motifs is 2. The van der Waals surface area contributed by atoms with Gasteiger partial charge in [-0.1, -0.05) is 36.4 Å². The van der Waals surface area contributed by atoms with Crippen LogP contribution in [0.4, 0.5) is 0 Å². The fourth-order valence-electron chi connectivity index (χ4n) is 5.62. The molecular formula is C23H26O7. The van der Waals surface area contributed by atoms with E-state index >= 15 is 0 Å². The van der Waals surface area contributed by atoms with Crippen LogP contribution in [-0.4, -0.2) is 45.8 Å². The number of carbonyl (C=O) groups excluding carboxylic acids is 3. The van der Waals surface area contributed by atoms with Crippen LogP contribution in [0, 0.1) is 29.1 Å². The molecule has 7 nitrogen and oxygen atoms in total. The minimum absolute atomic E-state index is 0.157. The molecular weight excluding hydrogens is 388 g/mol.